The number of piperidine rings is 1. The predicted molar refractivity (Wildman–Crippen MR) is 66.0 cm³/mol. The van der Waals surface area contributed by atoms with E-state index in [1.807, 2.05) is 6.92 Å². The van der Waals surface area contributed by atoms with Crippen molar-refractivity contribution in [2.24, 2.45) is 5.92 Å². The summed E-state index contributed by atoms with van der Waals surface area (Å²) in [7, 11) is 2.24. The number of aliphatic hydroxyl groups excluding tert-OH is 1. The average molecular weight is 221 g/mol. The standard InChI is InChI=1S/C14H23NO/c1-3-4-5-6-14(16)11-9-12-7-8-13(10-11)15(12)2/h11-14,16H,5-10H2,1-2H3. The number of hydrogen-bond donors (Lipinski definition) is 1. The maximum absolute atomic E-state index is 10.2. The smallest absolute Gasteiger partial charge is 0.0578 e. The van der Waals surface area contributed by atoms with E-state index < -0.39 is 0 Å². The third kappa shape index (κ3) is 2.42. The van der Waals surface area contributed by atoms with Crippen molar-refractivity contribution in [1.82, 2.24) is 4.90 Å². The Morgan fingerprint density at radius 1 is 1.31 bits per heavy atom. The zero-order valence-corrected chi connectivity index (χ0v) is 10.4. The van der Waals surface area contributed by atoms with Crippen molar-refractivity contribution in [1.29, 1.82) is 0 Å². The van der Waals surface area contributed by atoms with Gasteiger partial charge >= 0.3 is 0 Å². The topological polar surface area (TPSA) is 23.5 Å². The fourth-order valence-corrected chi connectivity index (χ4v) is 3.35. The van der Waals surface area contributed by atoms with Crippen molar-refractivity contribution < 1.29 is 5.11 Å². The van der Waals surface area contributed by atoms with Crippen molar-refractivity contribution in [2.45, 2.75) is 63.6 Å². The van der Waals surface area contributed by atoms with Crippen molar-refractivity contribution >= 4 is 0 Å². The minimum Gasteiger partial charge on any atom is -0.393 e. The van der Waals surface area contributed by atoms with Gasteiger partial charge in [0.1, 0.15) is 0 Å². The zero-order valence-electron chi connectivity index (χ0n) is 10.4. The van der Waals surface area contributed by atoms with E-state index in [-0.39, 0.29) is 6.10 Å². The van der Waals surface area contributed by atoms with E-state index in [4.69, 9.17) is 0 Å². The highest BCUT2D eigenvalue weighted by Gasteiger charge is 2.40. The van der Waals surface area contributed by atoms with Crippen molar-refractivity contribution in [2.75, 3.05) is 7.05 Å². The second-order valence-corrected chi connectivity index (χ2v) is 5.31. The summed E-state index contributed by atoms with van der Waals surface area (Å²) < 4.78 is 0. The van der Waals surface area contributed by atoms with Gasteiger partial charge in [-0.25, -0.2) is 0 Å². The first-order chi connectivity index (χ1) is 7.72. The largest absolute Gasteiger partial charge is 0.393 e. The molecule has 0 amide bonds. The summed E-state index contributed by atoms with van der Waals surface area (Å²) in [4.78, 5) is 2.52. The fraction of sp³-hybridized carbons (Fsp3) is 0.857. The monoisotopic (exact) mass is 221 g/mol. The molecule has 1 N–H and O–H groups in total. The van der Waals surface area contributed by atoms with Gasteiger partial charge in [0, 0.05) is 18.5 Å². The van der Waals surface area contributed by atoms with Gasteiger partial charge in [0.05, 0.1) is 6.10 Å². The van der Waals surface area contributed by atoms with Crippen LogP contribution in [0, 0.1) is 17.8 Å². The number of fused-ring (bicyclic) bond motifs is 2. The summed E-state index contributed by atoms with van der Waals surface area (Å²) in [6.45, 7) is 1.86. The fourth-order valence-electron chi connectivity index (χ4n) is 3.35. The summed E-state index contributed by atoms with van der Waals surface area (Å²) in [6, 6.07) is 1.46. The molecule has 0 aromatic carbocycles. The number of hydrogen-bond acceptors (Lipinski definition) is 2. The Labute approximate surface area is 99.0 Å². The molecule has 90 valence electrons. The van der Waals surface area contributed by atoms with Crippen molar-refractivity contribution in [3.63, 3.8) is 0 Å². The normalized spacial score (nSPS) is 35.6. The SMILES string of the molecule is CC#CCCC(O)C1CC2CCC(C1)N2C. The molecule has 0 spiro atoms. The summed E-state index contributed by atoms with van der Waals surface area (Å²) in [6.07, 6.45) is 6.62. The molecule has 0 radical (unpaired) electrons. The van der Waals surface area contributed by atoms with E-state index >= 15 is 0 Å². The minimum atomic E-state index is -0.127. The van der Waals surface area contributed by atoms with Crippen LogP contribution in [0.2, 0.25) is 0 Å². The van der Waals surface area contributed by atoms with Crippen LogP contribution in [-0.4, -0.2) is 35.2 Å². The van der Waals surface area contributed by atoms with Gasteiger partial charge in [0.2, 0.25) is 0 Å². The molecule has 0 aromatic heterocycles. The molecular formula is C14H23NO. The summed E-state index contributed by atoms with van der Waals surface area (Å²) in [5.41, 5.74) is 0. The molecule has 2 fully saturated rings. The van der Waals surface area contributed by atoms with E-state index in [1.165, 1.54) is 25.7 Å². The van der Waals surface area contributed by atoms with Gasteiger partial charge in [-0.15, -0.1) is 11.8 Å². The van der Waals surface area contributed by atoms with Crippen LogP contribution in [0.5, 0.6) is 0 Å². The predicted octanol–water partition coefficient (Wildman–Crippen LogP) is 2.02. The van der Waals surface area contributed by atoms with Crippen LogP contribution in [0.3, 0.4) is 0 Å². The van der Waals surface area contributed by atoms with Crippen LogP contribution in [0.1, 0.15) is 45.4 Å². The Morgan fingerprint density at radius 2 is 1.94 bits per heavy atom. The molecule has 2 aliphatic rings. The van der Waals surface area contributed by atoms with E-state index in [1.54, 1.807) is 0 Å². The Kier molecular flexibility index (Phi) is 3.89. The van der Waals surface area contributed by atoms with Gasteiger partial charge in [-0.3, -0.25) is 0 Å². The Bertz CT molecular complexity index is 277. The molecule has 0 saturated carbocycles. The molecule has 2 heteroatoms. The summed E-state index contributed by atoms with van der Waals surface area (Å²) >= 11 is 0. The van der Waals surface area contributed by atoms with Gasteiger partial charge in [0.25, 0.3) is 0 Å². The molecule has 2 aliphatic heterocycles. The molecule has 2 heterocycles. The molecule has 2 bridgehead atoms. The number of aliphatic hydroxyl groups is 1. The lowest BCUT2D eigenvalue weighted by atomic mass is 9.85. The highest BCUT2D eigenvalue weighted by atomic mass is 16.3. The molecule has 16 heavy (non-hydrogen) atoms. The van der Waals surface area contributed by atoms with Gasteiger partial charge < -0.3 is 10.0 Å². The Morgan fingerprint density at radius 3 is 2.50 bits per heavy atom. The molecule has 2 saturated heterocycles. The molecular weight excluding hydrogens is 198 g/mol. The highest BCUT2D eigenvalue weighted by Crippen LogP contribution is 2.39. The first kappa shape index (κ1) is 12.0. The minimum absolute atomic E-state index is 0.127. The maximum atomic E-state index is 10.2. The second kappa shape index (κ2) is 5.21. The molecule has 0 aliphatic carbocycles. The average Bonchev–Trinajstić information content (AvgIpc) is 2.53. The third-order valence-corrected chi connectivity index (χ3v) is 4.42. The van der Waals surface area contributed by atoms with Gasteiger partial charge in [-0.05, 0) is 52.0 Å². The maximum Gasteiger partial charge on any atom is 0.0578 e. The zero-order chi connectivity index (χ0) is 11.5. The molecule has 3 atom stereocenters. The quantitative estimate of drug-likeness (QED) is 0.737. The van der Waals surface area contributed by atoms with Gasteiger partial charge in [-0.1, -0.05) is 0 Å². The van der Waals surface area contributed by atoms with Crippen LogP contribution in [0.25, 0.3) is 0 Å². The first-order valence-corrected chi connectivity index (χ1v) is 6.52. The van der Waals surface area contributed by atoms with Crippen LogP contribution in [0.4, 0.5) is 0 Å². The first-order valence-electron chi connectivity index (χ1n) is 6.52. The third-order valence-electron chi connectivity index (χ3n) is 4.42. The lowest BCUT2D eigenvalue weighted by Crippen LogP contribution is -2.43. The van der Waals surface area contributed by atoms with Crippen LogP contribution >= 0.6 is 0 Å². The number of rotatable bonds is 3. The highest BCUT2D eigenvalue weighted by molar-refractivity contribution is 4.98. The summed E-state index contributed by atoms with van der Waals surface area (Å²) in [5, 5.41) is 10.2. The molecule has 2 nitrogen and oxygen atoms in total. The van der Waals surface area contributed by atoms with E-state index in [9.17, 15) is 5.11 Å². The van der Waals surface area contributed by atoms with E-state index in [2.05, 4.69) is 23.8 Å². The molecule has 3 unspecified atom stereocenters. The lowest BCUT2D eigenvalue weighted by molar-refractivity contribution is 0.0327. The number of nitrogens with zero attached hydrogens (tertiary/aromatic N) is 1. The lowest BCUT2D eigenvalue weighted by Gasteiger charge is -2.38. The van der Waals surface area contributed by atoms with Crippen LogP contribution in [-0.2, 0) is 0 Å². The Hall–Kier alpha value is -0.520. The van der Waals surface area contributed by atoms with Crippen molar-refractivity contribution in [3.05, 3.63) is 0 Å². The van der Waals surface area contributed by atoms with E-state index in [0.29, 0.717) is 5.92 Å². The van der Waals surface area contributed by atoms with Crippen LogP contribution in [0.15, 0.2) is 0 Å². The second-order valence-electron chi connectivity index (χ2n) is 5.31. The van der Waals surface area contributed by atoms with Crippen LogP contribution < -0.4 is 0 Å². The van der Waals surface area contributed by atoms with Gasteiger partial charge in [-0.2, -0.15) is 0 Å². The Balaban J connectivity index is 1.84. The van der Waals surface area contributed by atoms with Crippen molar-refractivity contribution in [3.8, 4) is 11.8 Å². The summed E-state index contributed by atoms with van der Waals surface area (Å²) in [5.74, 6) is 6.46. The molecule has 2 rings (SSSR count). The van der Waals surface area contributed by atoms with Gasteiger partial charge in [0.15, 0.2) is 0 Å². The molecule has 0 aromatic rings. The van der Waals surface area contributed by atoms with E-state index in [0.717, 1.165) is 24.9 Å².